The fraction of sp³-hybridized carbons (Fsp3) is 0.211. The SMILES string of the molecule is CCC(C)C(=O)Nc1ccc(C#Cc2ccc(F)cc2)cc1. The molecule has 0 aliphatic rings. The molecule has 0 bridgehead atoms. The van der Waals surface area contributed by atoms with Crippen LogP contribution in [0.25, 0.3) is 0 Å². The Balaban J connectivity index is 2.03. The second-order valence-electron chi connectivity index (χ2n) is 5.13. The molecular weight excluding hydrogens is 277 g/mol. The highest BCUT2D eigenvalue weighted by atomic mass is 19.1. The van der Waals surface area contributed by atoms with Crippen LogP contribution in [0.2, 0.25) is 0 Å². The summed E-state index contributed by atoms with van der Waals surface area (Å²) < 4.78 is 12.8. The third-order valence-electron chi connectivity index (χ3n) is 3.41. The minimum atomic E-state index is -0.271. The summed E-state index contributed by atoms with van der Waals surface area (Å²) >= 11 is 0. The Hall–Kier alpha value is -2.60. The predicted molar refractivity (Wildman–Crippen MR) is 86.9 cm³/mol. The van der Waals surface area contributed by atoms with Crippen molar-refractivity contribution >= 4 is 11.6 Å². The molecule has 2 aromatic rings. The van der Waals surface area contributed by atoms with E-state index in [9.17, 15) is 9.18 Å². The molecule has 0 spiro atoms. The van der Waals surface area contributed by atoms with Gasteiger partial charge in [0.1, 0.15) is 5.82 Å². The fourth-order valence-electron chi connectivity index (χ4n) is 1.77. The van der Waals surface area contributed by atoms with E-state index in [0.717, 1.165) is 23.2 Å². The number of hydrogen-bond acceptors (Lipinski definition) is 1. The van der Waals surface area contributed by atoms with Crippen molar-refractivity contribution < 1.29 is 9.18 Å². The zero-order chi connectivity index (χ0) is 15.9. The smallest absolute Gasteiger partial charge is 0.227 e. The maximum atomic E-state index is 12.8. The van der Waals surface area contributed by atoms with Gasteiger partial charge in [-0.05, 0) is 55.0 Å². The van der Waals surface area contributed by atoms with Crippen LogP contribution in [0.15, 0.2) is 48.5 Å². The molecule has 1 amide bonds. The summed E-state index contributed by atoms with van der Waals surface area (Å²) in [5.74, 6) is 5.73. The zero-order valence-electron chi connectivity index (χ0n) is 12.7. The number of hydrogen-bond donors (Lipinski definition) is 1. The van der Waals surface area contributed by atoms with Gasteiger partial charge in [-0.2, -0.15) is 0 Å². The average molecular weight is 295 g/mol. The molecule has 2 nitrogen and oxygen atoms in total. The number of halogens is 1. The van der Waals surface area contributed by atoms with Crippen molar-refractivity contribution in [1.29, 1.82) is 0 Å². The van der Waals surface area contributed by atoms with Gasteiger partial charge in [-0.15, -0.1) is 0 Å². The highest BCUT2D eigenvalue weighted by Crippen LogP contribution is 2.12. The molecule has 0 aliphatic heterocycles. The van der Waals surface area contributed by atoms with E-state index < -0.39 is 0 Å². The molecule has 0 saturated carbocycles. The first-order valence-electron chi connectivity index (χ1n) is 7.27. The van der Waals surface area contributed by atoms with E-state index in [1.54, 1.807) is 12.1 Å². The number of amides is 1. The normalized spacial score (nSPS) is 11.2. The Bertz CT molecular complexity index is 693. The van der Waals surface area contributed by atoms with Crippen LogP contribution < -0.4 is 5.32 Å². The van der Waals surface area contributed by atoms with Crippen molar-refractivity contribution in [2.75, 3.05) is 5.32 Å². The minimum absolute atomic E-state index is 0.00190. The molecule has 0 heterocycles. The zero-order valence-corrected chi connectivity index (χ0v) is 12.7. The number of rotatable bonds is 3. The van der Waals surface area contributed by atoms with E-state index in [1.165, 1.54) is 12.1 Å². The molecule has 112 valence electrons. The first kappa shape index (κ1) is 15.8. The number of anilines is 1. The van der Waals surface area contributed by atoms with E-state index >= 15 is 0 Å². The van der Waals surface area contributed by atoms with Gasteiger partial charge in [-0.25, -0.2) is 4.39 Å². The van der Waals surface area contributed by atoms with Crippen molar-refractivity contribution in [3.8, 4) is 11.8 Å². The number of nitrogens with one attached hydrogen (secondary N) is 1. The molecule has 3 heteroatoms. The van der Waals surface area contributed by atoms with Gasteiger partial charge in [0.15, 0.2) is 0 Å². The minimum Gasteiger partial charge on any atom is -0.326 e. The Morgan fingerprint density at radius 2 is 1.55 bits per heavy atom. The molecule has 1 unspecified atom stereocenters. The van der Waals surface area contributed by atoms with Gasteiger partial charge >= 0.3 is 0 Å². The quantitative estimate of drug-likeness (QED) is 0.844. The molecule has 0 radical (unpaired) electrons. The molecule has 0 saturated heterocycles. The van der Waals surface area contributed by atoms with Crippen LogP contribution in [0.3, 0.4) is 0 Å². The van der Waals surface area contributed by atoms with Gasteiger partial charge in [-0.3, -0.25) is 4.79 Å². The molecule has 0 fully saturated rings. The second-order valence-corrected chi connectivity index (χ2v) is 5.13. The van der Waals surface area contributed by atoms with Gasteiger partial charge in [-0.1, -0.05) is 25.7 Å². The van der Waals surface area contributed by atoms with E-state index in [1.807, 2.05) is 38.1 Å². The van der Waals surface area contributed by atoms with Crippen LogP contribution in [-0.4, -0.2) is 5.91 Å². The number of carbonyl (C=O) groups is 1. The van der Waals surface area contributed by atoms with E-state index in [-0.39, 0.29) is 17.6 Å². The topological polar surface area (TPSA) is 29.1 Å². The highest BCUT2D eigenvalue weighted by molar-refractivity contribution is 5.92. The first-order valence-corrected chi connectivity index (χ1v) is 7.27. The van der Waals surface area contributed by atoms with Gasteiger partial charge in [0.2, 0.25) is 5.91 Å². The van der Waals surface area contributed by atoms with Crippen LogP contribution >= 0.6 is 0 Å². The van der Waals surface area contributed by atoms with Crippen LogP contribution in [-0.2, 0) is 4.79 Å². The Kier molecular flexibility index (Phi) is 5.32. The molecule has 0 aliphatic carbocycles. The maximum Gasteiger partial charge on any atom is 0.227 e. The van der Waals surface area contributed by atoms with Crippen molar-refractivity contribution in [2.24, 2.45) is 5.92 Å². The summed E-state index contributed by atoms with van der Waals surface area (Å²) in [4.78, 5) is 11.8. The van der Waals surface area contributed by atoms with E-state index in [0.29, 0.717) is 0 Å². The van der Waals surface area contributed by atoms with Crippen LogP contribution in [0.5, 0.6) is 0 Å². The Labute approximate surface area is 130 Å². The summed E-state index contributed by atoms with van der Waals surface area (Å²) in [5, 5.41) is 2.87. The standard InChI is InChI=1S/C19H18FNO/c1-3-14(2)19(22)21-18-12-8-16(9-13-18)5-4-15-6-10-17(20)11-7-15/h6-14H,3H2,1-2H3,(H,21,22). The molecule has 2 rings (SSSR count). The Morgan fingerprint density at radius 1 is 1.05 bits per heavy atom. The lowest BCUT2D eigenvalue weighted by Gasteiger charge is -2.09. The summed E-state index contributed by atoms with van der Waals surface area (Å²) in [6.07, 6.45) is 0.813. The lowest BCUT2D eigenvalue weighted by Crippen LogP contribution is -2.19. The lowest BCUT2D eigenvalue weighted by atomic mass is 10.1. The van der Waals surface area contributed by atoms with Gasteiger partial charge in [0.25, 0.3) is 0 Å². The number of carbonyl (C=O) groups excluding carboxylic acids is 1. The third-order valence-corrected chi connectivity index (χ3v) is 3.41. The van der Waals surface area contributed by atoms with Gasteiger partial charge in [0, 0.05) is 22.7 Å². The maximum absolute atomic E-state index is 12.8. The Morgan fingerprint density at radius 3 is 2.05 bits per heavy atom. The average Bonchev–Trinajstić information content (AvgIpc) is 2.55. The van der Waals surface area contributed by atoms with Crippen molar-refractivity contribution in [2.45, 2.75) is 20.3 Å². The van der Waals surface area contributed by atoms with Crippen molar-refractivity contribution in [3.05, 3.63) is 65.5 Å². The fourth-order valence-corrected chi connectivity index (χ4v) is 1.77. The molecule has 0 aromatic heterocycles. The predicted octanol–water partition coefficient (Wildman–Crippen LogP) is 4.21. The monoisotopic (exact) mass is 295 g/mol. The van der Waals surface area contributed by atoms with Gasteiger partial charge < -0.3 is 5.32 Å². The van der Waals surface area contributed by atoms with Crippen molar-refractivity contribution in [3.63, 3.8) is 0 Å². The molecule has 2 aromatic carbocycles. The number of benzene rings is 2. The lowest BCUT2D eigenvalue weighted by molar-refractivity contribution is -0.119. The van der Waals surface area contributed by atoms with E-state index in [4.69, 9.17) is 0 Å². The van der Waals surface area contributed by atoms with Crippen LogP contribution in [0, 0.1) is 23.6 Å². The van der Waals surface area contributed by atoms with Crippen molar-refractivity contribution in [1.82, 2.24) is 0 Å². The first-order chi connectivity index (χ1) is 10.6. The summed E-state index contributed by atoms with van der Waals surface area (Å²) in [6.45, 7) is 3.89. The molecule has 1 atom stereocenters. The third kappa shape index (κ3) is 4.46. The van der Waals surface area contributed by atoms with Gasteiger partial charge in [0.05, 0.1) is 0 Å². The second kappa shape index (κ2) is 7.42. The highest BCUT2D eigenvalue weighted by Gasteiger charge is 2.09. The largest absolute Gasteiger partial charge is 0.326 e. The molecular formula is C19H18FNO. The summed E-state index contributed by atoms with van der Waals surface area (Å²) in [6, 6.07) is 13.4. The molecule has 22 heavy (non-hydrogen) atoms. The summed E-state index contributed by atoms with van der Waals surface area (Å²) in [5.41, 5.74) is 2.36. The molecule has 1 N–H and O–H groups in total. The van der Waals surface area contributed by atoms with E-state index in [2.05, 4.69) is 17.2 Å². The summed E-state index contributed by atoms with van der Waals surface area (Å²) in [7, 11) is 0. The van der Waals surface area contributed by atoms with Crippen LogP contribution in [0.4, 0.5) is 10.1 Å². The van der Waals surface area contributed by atoms with Crippen LogP contribution in [0.1, 0.15) is 31.4 Å².